The Morgan fingerprint density at radius 2 is 1.62 bits per heavy atom. The normalized spacial score (nSPS) is 12.5. The fourth-order valence-corrected chi connectivity index (χ4v) is 2.88. The van der Waals surface area contributed by atoms with Crippen LogP contribution in [0.5, 0.6) is 0 Å². The number of anilines is 2. The number of amides is 3. The third kappa shape index (κ3) is 3.14. The van der Waals surface area contributed by atoms with E-state index >= 15 is 0 Å². The molecule has 0 radical (unpaired) electrons. The molecule has 3 N–H and O–H groups in total. The van der Waals surface area contributed by atoms with Crippen LogP contribution in [0.2, 0.25) is 0 Å². The number of carbonyl (C=O) groups excluding carboxylic acids is 2. The molecule has 0 spiro atoms. The summed E-state index contributed by atoms with van der Waals surface area (Å²) in [6.07, 6.45) is 0. The van der Waals surface area contributed by atoms with Crippen LogP contribution in [0.3, 0.4) is 0 Å². The van der Waals surface area contributed by atoms with Gasteiger partial charge in [0.2, 0.25) is 0 Å². The van der Waals surface area contributed by atoms with Crippen LogP contribution >= 0.6 is 0 Å². The quantitative estimate of drug-likeness (QED) is 0.679. The lowest BCUT2D eigenvalue weighted by atomic mass is 10.2. The largest absolute Gasteiger partial charge is 0.322 e. The molecule has 0 saturated heterocycles. The molecule has 4 rings (SSSR count). The summed E-state index contributed by atoms with van der Waals surface area (Å²) in [6, 6.07) is 18.0. The average Bonchev–Trinajstić information content (AvgIpc) is 3.25. The summed E-state index contributed by atoms with van der Waals surface area (Å²) in [5, 5.41) is 12.8. The van der Waals surface area contributed by atoms with E-state index in [0.29, 0.717) is 24.5 Å². The molecule has 1 aliphatic heterocycles. The molecule has 0 atom stereocenters. The van der Waals surface area contributed by atoms with E-state index in [0.717, 1.165) is 16.9 Å². The summed E-state index contributed by atoms with van der Waals surface area (Å²) in [6.45, 7) is 0.778. The highest BCUT2D eigenvalue weighted by molar-refractivity contribution is 6.04. The third-order valence-corrected chi connectivity index (χ3v) is 4.23. The first-order valence-corrected chi connectivity index (χ1v) is 8.24. The van der Waals surface area contributed by atoms with Gasteiger partial charge in [-0.3, -0.25) is 9.89 Å². The summed E-state index contributed by atoms with van der Waals surface area (Å²) in [5.74, 6) is 0.313. The highest BCUT2D eigenvalue weighted by Gasteiger charge is 2.29. The van der Waals surface area contributed by atoms with Crippen LogP contribution in [0.4, 0.5) is 16.3 Å². The molecule has 0 aliphatic carbocycles. The van der Waals surface area contributed by atoms with Gasteiger partial charge in [0, 0.05) is 16.8 Å². The van der Waals surface area contributed by atoms with Crippen molar-refractivity contribution in [1.82, 2.24) is 15.1 Å². The molecule has 0 unspecified atom stereocenters. The maximum Gasteiger partial charge on any atom is 0.322 e. The number of nitrogens with zero attached hydrogens (tertiary/aromatic N) is 2. The van der Waals surface area contributed by atoms with Gasteiger partial charge in [0.25, 0.3) is 5.91 Å². The second-order valence-electron chi connectivity index (χ2n) is 6.00. The van der Waals surface area contributed by atoms with Crippen LogP contribution in [0.15, 0.2) is 60.7 Å². The summed E-state index contributed by atoms with van der Waals surface area (Å²) in [4.78, 5) is 26.4. The van der Waals surface area contributed by atoms with E-state index in [-0.39, 0.29) is 11.9 Å². The van der Waals surface area contributed by atoms with Crippen LogP contribution in [0.25, 0.3) is 0 Å². The third-order valence-electron chi connectivity index (χ3n) is 4.23. The number of para-hydroxylation sites is 1. The molecular formula is C19H17N5O2. The number of fused-ring (bicyclic) bond motifs is 1. The lowest BCUT2D eigenvalue weighted by Crippen LogP contribution is -2.30. The zero-order chi connectivity index (χ0) is 17.9. The lowest BCUT2D eigenvalue weighted by molar-refractivity contribution is 0.102. The Morgan fingerprint density at radius 3 is 2.35 bits per heavy atom. The van der Waals surface area contributed by atoms with Crippen molar-refractivity contribution in [2.75, 3.05) is 10.6 Å². The minimum absolute atomic E-state index is 0.200. The molecule has 2 aromatic carbocycles. The van der Waals surface area contributed by atoms with Gasteiger partial charge in [-0.05, 0) is 24.3 Å². The van der Waals surface area contributed by atoms with Crippen molar-refractivity contribution in [3.05, 3.63) is 77.5 Å². The minimum atomic E-state index is -0.218. The van der Waals surface area contributed by atoms with E-state index in [4.69, 9.17) is 0 Å². The lowest BCUT2D eigenvalue weighted by Gasteiger charge is -2.16. The van der Waals surface area contributed by atoms with E-state index < -0.39 is 0 Å². The zero-order valence-electron chi connectivity index (χ0n) is 13.9. The number of benzene rings is 2. The van der Waals surface area contributed by atoms with Gasteiger partial charge in [0.15, 0.2) is 0 Å². The average molecular weight is 347 g/mol. The highest BCUT2D eigenvalue weighted by Crippen LogP contribution is 2.27. The molecule has 0 bridgehead atoms. The standard InChI is InChI=1S/C19H17N5O2/c25-18(13-7-3-1-4-8-13)21-17-15-11-24(12-16(15)22-23-17)19(26)20-14-9-5-2-6-10-14/h1-10H,11-12H2,(H,20,26)(H2,21,22,23,25). The summed E-state index contributed by atoms with van der Waals surface area (Å²) < 4.78 is 0. The number of hydrogen-bond acceptors (Lipinski definition) is 3. The first-order valence-electron chi connectivity index (χ1n) is 8.24. The molecule has 130 valence electrons. The number of urea groups is 1. The molecule has 1 aromatic heterocycles. The van der Waals surface area contributed by atoms with Gasteiger partial charge in [-0.1, -0.05) is 36.4 Å². The van der Waals surface area contributed by atoms with Crippen molar-refractivity contribution in [3.8, 4) is 0 Å². The summed E-state index contributed by atoms with van der Waals surface area (Å²) >= 11 is 0. The molecule has 7 nitrogen and oxygen atoms in total. The zero-order valence-corrected chi connectivity index (χ0v) is 13.9. The van der Waals surface area contributed by atoms with Gasteiger partial charge in [0.05, 0.1) is 18.8 Å². The number of carbonyl (C=O) groups is 2. The van der Waals surface area contributed by atoms with E-state index in [1.807, 2.05) is 48.5 Å². The van der Waals surface area contributed by atoms with Gasteiger partial charge in [-0.25, -0.2) is 4.79 Å². The molecular weight excluding hydrogens is 330 g/mol. The van der Waals surface area contributed by atoms with Gasteiger partial charge < -0.3 is 15.5 Å². The Kier molecular flexibility index (Phi) is 4.10. The van der Waals surface area contributed by atoms with Gasteiger partial charge in [-0.15, -0.1) is 0 Å². The van der Waals surface area contributed by atoms with E-state index in [1.54, 1.807) is 17.0 Å². The van der Waals surface area contributed by atoms with Crippen LogP contribution in [0, 0.1) is 0 Å². The summed E-state index contributed by atoms with van der Waals surface area (Å²) in [5.41, 5.74) is 2.89. The molecule has 0 fully saturated rings. The van der Waals surface area contributed by atoms with E-state index in [1.165, 1.54) is 0 Å². The van der Waals surface area contributed by atoms with Gasteiger partial charge in [0.1, 0.15) is 5.82 Å². The Hall–Kier alpha value is -3.61. The number of aromatic nitrogens is 2. The topological polar surface area (TPSA) is 90.1 Å². The maximum absolute atomic E-state index is 12.4. The van der Waals surface area contributed by atoms with Crippen molar-refractivity contribution in [2.45, 2.75) is 13.1 Å². The first kappa shape index (κ1) is 15.9. The van der Waals surface area contributed by atoms with Crippen LogP contribution in [-0.4, -0.2) is 27.0 Å². The van der Waals surface area contributed by atoms with Crippen molar-refractivity contribution in [2.24, 2.45) is 0 Å². The van der Waals surface area contributed by atoms with Crippen molar-refractivity contribution >= 4 is 23.4 Å². The predicted molar refractivity (Wildman–Crippen MR) is 97.7 cm³/mol. The van der Waals surface area contributed by atoms with E-state index in [9.17, 15) is 9.59 Å². The second-order valence-corrected chi connectivity index (χ2v) is 6.00. The fraction of sp³-hybridized carbons (Fsp3) is 0.105. The van der Waals surface area contributed by atoms with Gasteiger partial charge in [-0.2, -0.15) is 5.10 Å². The first-order chi connectivity index (χ1) is 12.7. The van der Waals surface area contributed by atoms with Gasteiger partial charge >= 0.3 is 6.03 Å². The van der Waals surface area contributed by atoms with E-state index in [2.05, 4.69) is 20.8 Å². The molecule has 1 aliphatic rings. The monoisotopic (exact) mass is 347 g/mol. The summed E-state index contributed by atoms with van der Waals surface area (Å²) in [7, 11) is 0. The maximum atomic E-state index is 12.4. The van der Waals surface area contributed by atoms with Crippen molar-refractivity contribution in [1.29, 1.82) is 0 Å². The second kappa shape index (κ2) is 6.72. The Labute approximate surface area is 150 Å². The highest BCUT2D eigenvalue weighted by atomic mass is 16.2. The number of H-pyrrole nitrogens is 1. The molecule has 3 amide bonds. The van der Waals surface area contributed by atoms with Crippen molar-refractivity contribution < 1.29 is 9.59 Å². The smallest absolute Gasteiger partial charge is 0.314 e. The fourth-order valence-electron chi connectivity index (χ4n) is 2.88. The van der Waals surface area contributed by atoms with Crippen molar-refractivity contribution in [3.63, 3.8) is 0 Å². The van der Waals surface area contributed by atoms with Crippen LogP contribution < -0.4 is 10.6 Å². The minimum Gasteiger partial charge on any atom is -0.314 e. The Bertz CT molecular complexity index is 937. The number of nitrogens with one attached hydrogen (secondary N) is 3. The predicted octanol–water partition coefficient (Wildman–Crippen LogP) is 3.21. The molecule has 2 heterocycles. The number of hydrogen-bond donors (Lipinski definition) is 3. The van der Waals surface area contributed by atoms with Crippen LogP contribution in [-0.2, 0) is 13.1 Å². The molecule has 7 heteroatoms. The SMILES string of the molecule is O=C(Nc1[nH]nc2c1CN(C(=O)Nc1ccccc1)C2)c1ccccc1. The Morgan fingerprint density at radius 1 is 0.923 bits per heavy atom. The Balaban J connectivity index is 1.44. The molecule has 3 aromatic rings. The van der Waals surface area contributed by atoms with Crippen LogP contribution in [0.1, 0.15) is 21.6 Å². The molecule has 26 heavy (non-hydrogen) atoms. The number of rotatable bonds is 3. The molecule has 0 saturated carbocycles. The number of aromatic amines is 1.